The molecule has 0 saturated carbocycles. The second-order valence-corrected chi connectivity index (χ2v) is 4.93. The molecular weight excluding hydrogens is 293 g/mol. The smallest absolute Gasteiger partial charge is 0.416 e. The lowest BCUT2D eigenvalue weighted by atomic mass is 10.00. The van der Waals surface area contributed by atoms with E-state index in [1.807, 2.05) is 30.3 Å². The van der Waals surface area contributed by atoms with Gasteiger partial charge >= 0.3 is 12.1 Å². The Morgan fingerprint density at radius 1 is 1.05 bits per heavy atom. The minimum atomic E-state index is -4.38. The number of rotatable bonds is 4. The van der Waals surface area contributed by atoms with Crippen LogP contribution < -0.4 is 0 Å². The van der Waals surface area contributed by atoms with E-state index in [0.717, 1.165) is 17.7 Å². The molecular formula is C17H15F3O2. The minimum absolute atomic E-state index is 0.144. The van der Waals surface area contributed by atoms with Gasteiger partial charge in [0.15, 0.2) is 0 Å². The molecule has 0 aliphatic heterocycles. The molecule has 0 fully saturated rings. The molecule has 0 radical (unpaired) electrons. The summed E-state index contributed by atoms with van der Waals surface area (Å²) in [6.45, 7) is 1.75. The summed E-state index contributed by atoms with van der Waals surface area (Å²) in [7, 11) is 0. The fourth-order valence-electron chi connectivity index (χ4n) is 1.95. The highest BCUT2D eigenvalue weighted by Crippen LogP contribution is 2.30. The standard InChI is InChI=1S/C17H15F3O2/c1-12(14-7-9-15(10-8-14)17(18,19)20)16(21)22-11-13-5-3-2-4-6-13/h2-10,12H,11H2,1H3/t12-/m1/s1. The highest BCUT2D eigenvalue weighted by molar-refractivity contribution is 5.77. The van der Waals surface area contributed by atoms with Gasteiger partial charge in [0.2, 0.25) is 0 Å². The fourth-order valence-corrected chi connectivity index (χ4v) is 1.95. The number of hydrogen-bond donors (Lipinski definition) is 0. The maximum Gasteiger partial charge on any atom is 0.416 e. The number of esters is 1. The van der Waals surface area contributed by atoms with E-state index in [4.69, 9.17) is 4.74 Å². The van der Waals surface area contributed by atoms with E-state index in [9.17, 15) is 18.0 Å². The molecule has 0 bridgehead atoms. The summed E-state index contributed by atoms with van der Waals surface area (Å²) in [5, 5.41) is 0. The van der Waals surface area contributed by atoms with Gasteiger partial charge in [-0.2, -0.15) is 13.2 Å². The predicted molar refractivity (Wildman–Crippen MR) is 76.1 cm³/mol. The van der Waals surface area contributed by atoms with Crippen LogP contribution in [0.1, 0.15) is 29.5 Å². The van der Waals surface area contributed by atoms with Crippen LogP contribution in [0.5, 0.6) is 0 Å². The maximum atomic E-state index is 12.5. The Morgan fingerprint density at radius 2 is 1.64 bits per heavy atom. The quantitative estimate of drug-likeness (QED) is 0.774. The molecule has 5 heteroatoms. The van der Waals surface area contributed by atoms with Crippen molar-refractivity contribution in [2.45, 2.75) is 25.6 Å². The number of hydrogen-bond acceptors (Lipinski definition) is 2. The molecule has 0 unspecified atom stereocenters. The Morgan fingerprint density at radius 3 is 2.18 bits per heavy atom. The Balaban J connectivity index is 1.98. The topological polar surface area (TPSA) is 26.3 Å². The number of carbonyl (C=O) groups is 1. The van der Waals surface area contributed by atoms with Gasteiger partial charge in [-0.3, -0.25) is 4.79 Å². The van der Waals surface area contributed by atoms with Gasteiger partial charge in [-0.05, 0) is 30.2 Å². The molecule has 1 atom stereocenters. The van der Waals surface area contributed by atoms with Gasteiger partial charge in [-0.25, -0.2) is 0 Å². The fraction of sp³-hybridized carbons (Fsp3) is 0.235. The third-order valence-electron chi connectivity index (χ3n) is 3.32. The van der Waals surface area contributed by atoms with Crippen molar-refractivity contribution < 1.29 is 22.7 Å². The van der Waals surface area contributed by atoms with E-state index in [1.165, 1.54) is 12.1 Å². The van der Waals surface area contributed by atoms with Crippen molar-refractivity contribution in [1.29, 1.82) is 0 Å². The van der Waals surface area contributed by atoms with Crippen LogP contribution in [0.4, 0.5) is 13.2 Å². The summed E-state index contributed by atoms with van der Waals surface area (Å²) in [6, 6.07) is 13.7. The molecule has 0 aliphatic rings. The Labute approximate surface area is 126 Å². The van der Waals surface area contributed by atoms with Crippen molar-refractivity contribution in [2.24, 2.45) is 0 Å². The normalized spacial score (nSPS) is 12.7. The average molecular weight is 308 g/mol. The largest absolute Gasteiger partial charge is 0.460 e. The van der Waals surface area contributed by atoms with Crippen LogP contribution in [0.15, 0.2) is 54.6 Å². The van der Waals surface area contributed by atoms with Crippen LogP contribution in [-0.2, 0) is 22.3 Å². The highest BCUT2D eigenvalue weighted by atomic mass is 19.4. The summed E-state index contributed by atoms with van der Waals surface area (Å²) in [5.41, 5.74) is 0.614. The summed E-state index contributed by atoms with van der Waals surface area (Å²) < 4.78 is 42.7. The lowest BCUT2D eigenvalue weighted by Gasteiger charge is -2.13. The van der Waals surface area contributed by atoms with Crippen LogP contribution in [0.3, 0.4) is 0 Å². The van der Waals surface area contributed by atoms with E-state index < -0.39 is 23.6 Å². The third-order valence-corrected chi connectivity index (χ3v) is 3.32. The molecule has 0 heterocycles. The minimum Gasteiger partial charge on any atom is -0.460 e. The van der Waals surface area contributed by atoms with Crippen LogP contribution in [0, 0.1) is 0 Å². The van der Waals surface area contributed by atoms with E-state index >= 15 is 0 Å². The van der Waals surface area contributed by atoms with Crippen molar-refractivity contribution in [3.05, 3.63) is 71.3 Å². The summed E-state index contributed by atoms with van der Waals surface area (Å²) >= 11 is 0. The monoisotopic (exact) mass is 308 g/mol. The number of alkyl halides is 3. The average Bonchev–Trinajstić information content (AvgIpc) is 2.52. The second-order valence-electron chi connectivity index (χ2n) is 4.93. The lowest BCUT2D eigenvalue weighted by Crippen LogP contribution is -2.13. The molecule has 0 spiro atoms. The van der Waals surface area contributed by atoms with Gasteiger partial charge in [-0.1, -0.05) is 42.5 Å². The molecule has 0 aromatic heterocycles. The van der Waals surface area contributed by atoms with Crippen molar-refractivity contribution in [3.63, 3.8) is 0 Å². The molecule has 2 aromatic carbocycles. The zero-order valence-corrected chi connectivity index (χ0v) is 11.9. The Bertz CT molecular complexity index is 619. The third kappa shape index (κ3) is 4.10. The van der Waals surface area contributed by atoms with Crippen molar-refractivity contribution in [3.8, 4) is 0 Å². The molecule has 116 valence electrons. The molecule has 0 amide bonds. The summed E-state index contributed by atoms with van der Waals surface area (Å²) in [5.74, 6) is -1.09. The van der Waals surface area contributed by atoms with Crippen LogP contribution in [0.2, 0.25) is 0 Å². The van der Waals surface area contributed by atoms with E-state index in [0.29, 0.717) is 5.56 Å². The summed E-state index contributed by atoms with van der Waals surface area (Å²) in [4.78, 5) is 12.0. The van der Waals surface area contributed by atoms with E-state index in [1.54, 1.807) is 6.92 Å². The van der Waals surface area contributed by atoms with Crippen molar-refractivity contribution in [2.75, 3.05) is 0 Å². The van der Waals surface area contributed by atoms with Gasteiger partial charge < -0.3 is 4.74 Å². The number of halogens is 3. The first-order chi connectivity index (χ1) is 10.4. The van der Waals surface area contributed by atoms with Crippen molar-refractivity contribution >= 4 is 5.97 Å². The summed E-state index contributed by atoms with van der Waals surface area (Å²) in [6.07, 6.45) is -4.38. The van der Waals surface area contributed by atoms with Gasteiger partial charge in [0.1, 0.15) is 6.61 Å². The molecule has 2 nitrogen and oxygen atoms in total. The van der Waals surface area contributed by atoms with E-state index in [2.05, 4.69) is 0 Å². The van der Waals surface area contributed by atoms with Crippen LogP contribution >= 0.6 is 0 Å². The second kappa shape index (κ2) is 6.64. The van der Waals surface area contributed by atoms with Gasteiger partial charge in [0, 0.05) is 0 Å². The number of ether oxygens (including phenoxy) is 1. The molecule has 2 rings (SSSR count). The Hall–Kier alpha value is -2.30. The molecule has 0 N–H and O–H groups in total. The van der Waals surface area contributed by atoms with Crippen LogP contribution in [-0.4, -0.2) is 5.97 Å². The molecule has 2 aromatic rings. The maximum absolute atomic E-state index is 12.5. The number of carbonyl (C=O) groups excluding carboxylic acids is 1. The zero-order valence-electron chi connectivity index (χ0n) is 11.9. The molecule has 0 aliphatic carbocycles. The van der Waals surface area contributed by atoms with Crippen LogP contribution in [0.25, 0.3) is 0 Å². The first-order valence-electron chi connectivity index (χ1n) is 6.75. The van der Waals surface area contributed by atoms with Gasteiger partial charge in [-0.15, -0.1) is 0 Å². The number of benzene rings is 2. The molecule has 0 saturated heterocycles. The first kappa shape index (κ1) is 16.1. The predicted octanol–water partition coefficient (Wildman–Crippen LogP) is 4.55. The van der Waals surface area contributed by atoms with E-state index in [-0.39, 0.29) is 6.61 Å². The van der Waals surface area contributed by atoms with Gasteiger partial charge in [0.05, 0.1) is 11.5 Å². The lowest BCUT2D eigenvalue weighted by molar-refractivity contribution is -0.146. The van der Waals surface area contributed by atoms with Crippen molar-refractivity contribution in [1.82, 2.24) is 0 Å². The molecule has 22 heavy (non-hydrogen) atoms. The zero-order chi connectivity index (χ0) is 16.2. The first-order valence-corrected chi connectivity index (χ1v) is 6.75. The Kier molecular flexibility index (Phi) is 4.85. The SMILES string of the molecule is C[C@@H](C(=O)OCc1ccccc1)c1ccc(C(F)(F)F)cc1. The highest BCUT2D eigenvalue weighted by Gasteiger charge is 2.30. The van der Waals surface area contributed by atoms with Gasteiger partial charge in [0.25, 0.3) is 0 Å².